The molecule has 1 heterocycles. The first-order valence-corrected chi connectivity index (χ1v) is 11.4. The van der Waals surface area contributed by atoms with E-state index < -0.39 is 0 Å². The lowest BCUT2D eigenvalue weighted by Crippen LogP contribution is -2.15. The molecular weight excluding hydrogens is 487 g/mol. The Morgan fingerprint density at radius 3 is 2.30 bits per heavy atom. The van der Waals surface area contributed by atoms with Crippen molar-refractivity contribution in [2.75, 3.05) is 32.4 Å². The molecule has 174 valence electrons. The van der Waals surface area contributed by atoms with Crippen molar-refractivity contribution >= 4 is 46.6 Å². The number of aromatic nitrogens is 3. The summed E-state index contributed by atoms with van der Waals surface area (Å²) in [6.07, 6.45) is 1.72. The van der Waals surface area contributed by atoms with E-state index in [1.165, 1.54) is 18.9 Å². The van der Waals surface area contributed by atoms with Crippen LogP contribution >= 0.6 is 35.0 Å². The van der Waals surface area contributed by atoms with Gasteiger partial charge >= 0.3 is 0 Å². The number of methoxy groups -OCH3 is 3. The van der Waals surface area contributed by atoms with E-state index in [0.29, 0.717) is 56.1 Å². The molecule has 11 heteroatoms. The van der Waals surface area contributed by atoms with Crippen molar-refractivity contribution in [3.63, 3.8) is 0 Å². The molecule has 8 nitrogen and oxygen atoms in total. The normalized spacial score (nSPS) is 10.6. The Balaban J connectivity index is 1.86. The highest BCUT2D eigenvalue weighted by atomic mass is 35.5. The highest BCUT2D eigenvalue weighted by Gasteiger charge is 2.20. The third-order valence-electron chi connectivity index (χ3n) is 4.51. The van der Waals surface area contributed by atoms with Gasteiger partial charge in [0.05, 0.1) is 42.8 Å². The molecule has 0 aliphatic carbocycles. The summed E-state index contributed by atoms with van der Waals surface area (Å²) in [5.41, 5.74) is 1.08. The Morgan fingerprint density at radius 1 is 1.12 bits per heavy atom. The number of amides is 1. The summed E-state index contributed by atoms with van der Waals surface area (Å²) >= 11 is 13.5. The van der Waals surface area contributed by atoms with E-state index in [9.17, 15) is 4.79 Å². The Hall–Kier alpha value is -2.88. The Labute approximate surface area is 205 Å². The maximum Gasteiger partial charge on any atom is 0.234 e. The minimum absolute atomic E-state index is 0.0755. The Morgan fingerprint density at radius 2 is 1.76 bits per heavy atom. The van der Waals surface area contributed by atoms with Crippen molar-refractivity contribution in [1.29, 1.82) is 0 Å². The van der Waals surface area contributed by atoms with Crippen LogP contribution in [0.15, 0.2) is 48.1 Å². The highest BCUT2D eigenvalue weighted by molar-refractivity contribution is 7.99. The van der Waals surface area contributed by atoms with E-state index in [1.54, 1.807) is 50.6 Å². The van der Waals surface area contributed by atoms with Crippen LogP contribution in [0.4, 0.5) is 5.69 Å². The van der Waals surface area contributed by atoms with Gasteiger partial charge in [-0.05, 0) is 24.3 Å². The van der Waals surface area contributed by atoms with Gasteiger partial charge in [-0.15, -0.1) is 16.8 Å². The molecule has 0 aliphatic rings. The molecule has 0 atom stereocenters. The van der Waals surface area contributed by atoms with Crippen LogP contribution in [0.1, 0.15) is 0 Å². The quantitative estimate of drug-likeness (QED) is 0.297. The minimum atomic E-state index is -0.280. The predicted octanol–water partition coefficient (Wildman–Crippen LogP) is 5.19. The van der Waals surface area contributed by atoms with E-state index >= 15 is 0 Å². The summed E-state index contributed by atoms with van der Waals surface area (Å²) in [5, 5.41) is 12.6. The van der Waals surface area contributed by atoms with E-state index in [2.05, 4.69) is 22.1 Å². The van der Waals surface area contributed by atoms with E-state index in [0.717, 1.165) is 0 Å². The second-order valence-electron chi connectivity index (χ2n) is 6.55. The molecule has 0 bridgehead atoms. The van der Waals surface area contributed by atoms with Crippen molar-refractivity contribution in [2.45, 2.75) is 11.7 Å². The van der Waals surface area contributed by atoms with Gasteiger partial charge in [0.15, 0.2) is 22.5 Å². The summed E-state index contributed by atoms with van der Waals surface area (Å²) in [6, 6.07) is 8.58. The average molecular weight is 509 g/mol. The number of thioether (sulfide) groups is 1. The van der Waals surface area contributed by atoms with Gasteiger partial charge in [-0.3, -0.25) is 9.36 Å². The van der Waals surface area contributed by atoms with Crippen LogP contribution in [0.25, 0.3) is 11.4 Å². The van der Waals surface area contributed by atoms with Crippen LogP contribution in [-0.2, 0) is 11.3 Å². The van der Waals surface area contributed by atoms with Gasteiger partial charge in [-0.2, -0.15) is 0 Å². The van der Waals surface area contributed by atoms with Crippen LogP contribution in [0.3, 0.4) is 0 Å². The topological polar surface area (TPSA) is 87.5 Å². The molecule has 0 saturated carbocycles. The fourth-order valence-corrected chi connectivity index (χ4v) is 4.28. The zero-order chi connectivity index (χ0) is 24.0. The SMILES string of the molecule is C=CCn1c(SCC(=O)Nc2c(Cl)cccc2Cl)nnc1-c1cc(OC)c(OC)c(OC)c1. The van der Waals surface area contributed by atoms with Crippen LogP contribution in [0, 0.1) is 0 Å². The fourth-order valence-electron chi connectivity index (χ4n) is 3.04. The number of carbonyl (C=O) groups is 1. The van der Waals surface area contributed by atoms with Gasteiger partial charge < -0.3 is 19.5 Å². The first kappa shape index (κ1) is 24.8. The summed E-state index contributed by atoms with van der Waals surface area (Å²) in [5.74, 6) is 1.81. The highest BCUT2D eigenvalue weighted by Crippen LogP contribution is 2.41. The summed E-state index contributed by atoms with van der Waals surface area (Å²) in [7, 11) is 4.62. The first-order chi connectivity index (χ1) is 15.9. The van der Waals surface area contributed by atoms with Crippen LogP contribution < -0.4 is 19.5 Å². The molecule has 33 heavy (non-hydrogen) atoms. The molecule has 0 unspecified atom stereocenters. The summed E-state index contributed by atoms with van der Waals surface area (Å²) < 4.78 is 18.1. The number of nitrogens with one attached hydrogen (secondary N) is 1. The lowest BCUT2D eigenvalue weighted by molar-refractivity contribution is -0.113. The molecule has 3 rings (SSSR count). The maximum absolute atomic E-state index is 12.5. The van der Waals surface area contributed by atoms with E-state index in [-0.39, 0.29) is 11.7 Å². The fraction of sp³-hybridized carbons (Fsp3) is 0.227. The van der Waals surface area contributed by atoms with Crippen LogP contribution in [-0.4, -0.2) is 47.8 Å². The Kier molecular flexibility index (Phi) is 8.49. The lowest BCUT2D eigenvalue weighted by Gasteiger charge is -2.14. The monoisotopic (exact) mass is 508 g/mol. The average Bonchev–Trinajstić information content (AvgIpc) is 3.21. The number of para-hydroxylation sites is 1. The molecule has 0 radical (unpaired) electrons. The number of allylic oxidation sites excluding steroid dienone is 1. The van der Waals surface area contributed by atoms with Gasteiger partial charge in [0.25, 0.3) is 0 Å². The lowest BCUT2D eigenvalue weighted by atomic mass is 10.1. The molecule has 1 N–H and O–H groups in total. The number of ether oxygens (including phenoxy) is 3. The largest absolute Gasteiger partial charge is 0.493 e. The van der Waals surface area contributed by atoms with Gasteiger partial charge in [-0.1, -0.05) is 47.1 Å². The summed E-state index contributed by atoms with van der Waals surface area (Å²) in [4.78, 5) is 12.5. The van der Waals surface area contributed by atoms with Crippen molar-refractivity contribution in [2.24, 2.45) is 0 Å². The summed E-state index contributed by atoms with van der Waals surface area (Å²) in [6.45, 7) is 4.24. The smallest absolute Gasteiger partial charge is 0.234 e. The molecule has 0 saturated heterocycles. The zero-order valence-corrected chi connectivity index (χ0v) is 20.6. The second kappa shape index (κ2) is 11.3. The number of hydrogen-bond donors (Lipinski definition) is 1. The van der Waals surface area contributed by atoms with Gasteiger partial charge in [0, 0.05) is 12.1 Å². The first-order valence-electron chi connectivity index (χ1n) is 9.64. The van der Waals surface area contributed by atoms with E-state index in [4.69, 9.17) is 37.4 Å². The molecule has 1 amide bonds. The van der Waals surface area contributed by atoms with Gasteiger partial charge in [-0.25, -0.2) is 0 Å². The third kappa shape index (κ3) is 5.55. The number of nitrogens with zero attached hydrogens (tertiary/aromatic N) is 3. The van der Waals surface area contributed by atoms with Crippen molar-refractivity contribution in [1.82, 2.24) is 14.8 Å². The van der Waals surface area contributed by atoms with Crippen LogP contribution in [0.5, 0.6) is 17.2 Å². The van der Waals surface area contributed by atoms with Crippen molar-refractivity contribution < 1.29 is 19.0 Å². The molecular formula is C22H22Cl2N4O4S. The number of benzene rings is 2. The van der Waals surface area contributed by atoms with Crippen LogP contribution in [0.2, 0.25) is 10.0 Å². The predicted molar refractivity (Wildman–Crippen MR) is 131 cm³/mol. The second-order valence-corrected chi connectivity index (χ2v) is 8.31. The molecule has 2 aromatic carbocycles. The molecule has 0 aliphatic heterocycles. The number of rotatable bonds is 10. The molecule has 0 fully saturated rings. The minimum Gasteiger partial charge on any atom is -0.493 e. The number of halogens is 2. The number of carbonyl (C=O) groups excluding carboxylic acids is 1. The molecule has 1 aromatic heterocycles. The zero-order valence-electron chi connectivity index (χ0n) is 18.2. The molecule has 0 spiro atoms. The standard InChI is InChI=1S/C22H22Cl2N4O4S/c1-5-9-28-21(13-10-16(30-2)20(32-4)17(11-13)31-3)26-27-22(28)33-12-18(29)25-19-14(23)7-6-8-15(19)24/h5-8,10-11H,1,9,12H2,2-4H3,(H,25,29). The van der Waals surface area contributed by atoms with Gasteiger partial charge in [0.1, 0.15) is 0 Å². The van der Waals surface area contributed by atoms with E-state index in [1.807, 2.05) is 4.57 Å². The van der Waals surface area contributed by atoms with Gasteiger partial charge in [0.2, 0.25) is 11.7 Å². The molecule has 3 aromatic rings. The Bertz CT molecular complexity index is 1120. The maximum atomic E-state index is 12.5. The third-order valence-corrected chi connectivity index (χ3v) is 6.11. The van der Waals surface area contributed by atoms with Crippen molar-refractivity contribution in [3.8, 4) is 28.6 Å². The van der Waals surface area contributed by atoms with Crippen molar-refractivity contribution in [3.05, 3.63) is 53.0 Å². The number of hydrogen-bond acceptors (Lipinski definition) is 7. The number of anilines is 1.